The summed E-state index contributed by atoms with van der Waals surface area (Å²) < 4.78 is 0. The molecule has 4 nitrogen and oxygen atoms in total. The molecule has 0 fully saturated rings. The second kappa shape index (κ2) is 7.01. The van der Waals surface area contributed by atoms with Crippen LogP contribution >= 0.6 is 0 Å². The summed E-state index contributed by atoms with van der Waals surface area (Å²) >= 11 is 0. The molecule has 1 heterocycles. The second-order valence-corrected chi connectivity index (χ2v) is 4.26. The average Bonchev–Trinajstić information content (AvgIpc) is 2.36. The molecule has 0 saturated carbocycles. The lowest BCUT2D eigenvalue weighted by Crippen LogP contribution is -2.39. The van der Waals surface area contributed by atoms with Crippen LogP contribution in [0.25, 0.3) is 0 Å². The molecule has 2 atom stereocenters. The van der Waals surface area contributed by atoms with E-state index in [1.54, 1.807) is 12.4 Å². The number of aromatic nitrogens is 1. The largest absolute Gasteiger partial charge is 0.353 e. The highest BCUT2D eigenvalue weighted by atomic mass is 16.1. The summed E-state index contributed by atoms with van der Waals surface area (Å²) in [5, 5.41) is 6.11. The van der Waals surface area contributed by atoms with Crippen molar-refractivity contribution in [3.05, 3.63) is 30.1 Å². The minimum Gasteiger partial charge on any atom is -0.353 e. The van der Waals surface area contributed by atoms with Crippen molar-refractivity contribution in [1.82, 2.24) is 15.6 Å². The molecular weight excluding hydrogens is 214 g/mol. The van der Waals surface area contributed by atoms with Crippen molar-refractivity contribution in [3.8, 4) is 0 Å². The molecule has 0 bridgehead atoms. The molecule has 0 aliphatic heterocycles. The Labute approximate surface area is 103 Å². The standard InChI is InChI=1S/C13H21N3O/c1-4-10(2)16-13(17)9-15-11(3)12-5-7-14-8-6-12/h5-8,10-11,15H,4,9H2,1-3H3,(H,16,17)/t10?,11-/m1/s1. The monoisotopic (exact) mass is 235 g/mol. The van der Waals surface area contributed by atoms with Crippen molar-refractivity contribution in [3.63, 3.8) is 0 Å². The summed E-state index contributed by atoms with van der Waals surface area (Å²) in [6, 6.07) is 4.29. The van der Waals surface area contributed by atoms with E-state index in [4.69, 9.17) is 0 Å². The van der Waals surface area contributed by atoms with Crippen LogP contribution in [-0.4, -0.2) is 23.5 Å². The van der Waals surface area contributed by atoms with Crippen LogP contribution in [0.1, 0.15) is 38.8 Å². The summed E-state index contributed by atoms with van der Waals surface area (Å²) in [5.41, 5.74) is 1.14. The van der Waals surface area contributed by atoms with Crippen LogP contribution < -0.4 is 10.6 Å². The van der Waals surface area contributed by atoms with Crippen molar-refractivity contribution in [2.24, 2.45) is 0 Å². The lowest BCUT2D eigenvalue weighted by atomic mass is 10.1. The molecule has 0 saturated heterocycles. The predicted octanol–water partition coefficient (Wildman–Crippen LogP) is 1.65. The van der Waals surface area contributed by atoms with Gasteiger partial charge < -0.3 is 10.6 Å². The Morgan fingerprint density at radius 1 is 1.35 bits per heavy atom. The number of carbonyl (C=O) groups excluding carboxylic acids is 1. The van der Waals surface area contributed by atoms with Gasteiger partial charge in [0.05, 0.1) is 6.54 Å². The molecule has 2 N–H and O–H groups in total. The Hall–Kier alpha value is -1.42. The molecule has 1 amide bonds. The SMILES string of the molecule is CCC(C)NC(=O)CN[C@H](C)c1ccncc1. The highest BCUT2D eigenvalue weighted by Gasteiger charge is 2.08. The molecule has 0 spiro atoms. The van der Waals surface area contributed by atoms with Gasteiger partial charge in [0.15, 0.2) is 0 Å². The summed E-state index contributed by atoms with van der Waals surface area (Å²) in [7, 11) is 0. The molecule has 0 radical (unpaired) electrons. The predicted molar refractivity (Wildman–Crippen MR) is 68.6 cm³/mol. The fourth-order valence-electron chi connectivity index (χ4n) is 1.44. The molecule has 0 aromatic carbocycles. The maximum absolute atomic E-state index is 11.6. The van der Waals surface area contributed by atoms with Crippen molar-refractivity contribution in [2.45, 2.75) is 39.3 Å². The van der Waals surface area contributed by atoms with E-state index in [1.165, 1.54) is 0 Å². The molecule has 1 unspecified atom stereocenters. The van der Waals surface area contributed by atoms with E-state index >= 15 is 0 Å². The second-order valence-electron chi connectivity index (χ2n) is 4.26. The van der Waals surface area contributed by atoms with E-state index in [-0.39, 0.29) is 18.0 Å². The number of hydrogen-bond acceptors (Lipinski definition) is 3. The molecule has 1 rings (SSSR count). The number of carbonyl (C=O) groups is 1. The number of nitrogens with zero attached hydrogens (tertiary/aromatic N) is 1. The van der Waals surface area contributed by atoms with Gasteiger partial charge in [-0.05, 0) is 38.0 Å². The van der Waals surface area contributed by atoms with Gasteiger partial charge in [-0.3, -0.25) is 9.78 Å². The lowest BCUT2D eigenvalue weighted by molar-refractivity contribution is -0.120. The Kier molecular flexibility index (Phi) is 5.63. The van der Waals surface area contributed by atoms with E-state index < -0.39 is 0 Å². The van der Waals surface area contributed by atoms with Gasteiger partial charge in [0, 0.05) is 24.5 Å². The third kappa shape index (κ3) is 4.95. The van der Waals surface area contributed by atoms with Crippen molar-refractivity contribution in [1.29, 1.82) is 0 Å². The summed E-state index contributed by atoms with van der Waals surface area (Å²) in [5.74, 6) is 0.0419. The number of rotatable bonds is 6. The summed E-state index contributed by atoms with van der Waals surface area (Å²) in [6.45, 7) is 6.43. The van der Waals surface area contributed by atoms with Gasteiger partial charge in [-0.25, -0.2) is 0 Å². The molecule has 4 heteroatoms. The van der Waals surface area contributed by atoms with Gasteiger partial charge in [-0.15, -0.1) is 0 Å². The fraction of sp³-hybridized carbons (Fsp3) is 0.538. The van der Waals surface area contributed by atoms with Crippen LogP contribution in [0.4, 0.5) is 0 Å². The highest BCUT2D eigenvalue weighted by molar-refractivity contribution is 5.78. The van der Waals surface area contributed by atoms with E-state index in [2.05, 4.69) is 22.5 Å². The van der Waals surface area contributed by atoms with Crippen LogP contribution in [0.3, 0.4) is 0 Å². The lowest BCUT2D eigenvalue weighted by Gasteiger charge is -2.15. The number of amides is 1. The minimum absolute atomic E-state index is 0.0419. The third-order valence-corrected chi connectivity index (χ3v) is 2.79. The van der Waals surface area contributed by atoms with Crippen molar-refractivity contribution < 1.29 is 4.79 Å². The maximum atomic E-state index is 11.6. The number of nitrogens with one attached hydrogen (secondary N) is 2. The first kappa shape index (κ1) is 13.6. The van der Waals surface area contributed by atoms with Gasteiger partial charge in [-0.1, -0.05) is 6.92 Å². The Bertz CT molecular complexity index is 340. The summed E-state index contributed by atoms with van der Waals surface area (Å²) in [4.78, 5) is 15.5. The first-order chi connectivity index (χ1) is 8.13. The van der Waals surface area contributed by atoms with E-state index in [0.717, 1.165) is 12.0 Å². The van der Waals surface area contributed by atoms with Crippen LogP contribution in [0.15, 0.2) is 24.5 Å². The van der Waals surface area contributed by atoms with Gasteiger partial charge in [0.2, 0.25) is 5.91 Å². The van der Waals surface area contributed by atoms with E-state index in [9.17, 15) is 4.79 Å². The van der Waals surface area contributed by atoms with Gasteiger partial charge in [0.25, 0.3) is 0 Å². The topological polar surface area (TPSA) is 54.0 Å². The Morgan fingerprint density at radius 2 is 2.00 bits per heavy atom. The molecule has 0 aliphatic carbocycles. The first-order valence-corrected chi connectivity index (χ1v) is 6.06. The fourth-order valence-corrected chi connectivity index (χ4v) is 1.44. The highest BCUT2D eigenvalue weighted by Crippen LogP contribution is 2.09. The average molecular weight is 235 g/mol. The minimum atomic E-state index is 0.0419. The normalized spacial score (nSPS) is 14.1. The van der Waals surface area contributed by atoms with Crippen LogP contribution in [0.2, 0.25) is 0 Å². The van der Waals surface area contributed by atoms with Gasteiger partial charge in [-0.2, -0.15) is 0 Å². The molecular formula is C13H21N3O. The van der Waals surface area contributed by atoms with Gasteiger partial charge >= 0.3 is 0 Å². The number of hydrogen-bond donors (Lipinski definition) is 2. The van der Waals surface area contributed by atoms with Crippen LogP contribution in [0.5, 0.6) is 0 Å². The van der Waals surface area contributed by atoms with Crippen LogP contribution in [-0.2, 0) is 4.79 Å². The van der Waals surface area contributed by atoms with Crippen molar-refractivity contribution in [2.75, 3.05) is 6.54 Å². The zero-order chi connectivity index (χ0) is 12.7. The maximum Gasteiger partial charge on any atom is 0.234 e. The van der Waals surface area contributed by atoms with Crippen LogP contribution in [0, 0.1) is 0 Å². The third-order valence-electron chi connectivity index (χ3n) is 2.79. The molecule has 1 aromatic heterocycles. The first-order valence-electron chi connectivity index (χ1n) is 6.06. The summed E-state index contributed by atoms with van der Waals surface area (Å²) in [6.07, 6.45) is 4.46. The smallest absolute Gasteiger partial charge is 0.234 e. The Morgan fingerprint density at radius 3 is 2.59 bits per heavy atom. The zero-order valence-electron chi connectivity index (χ0n) is 10.7. The van der Waals surface area contributed by atoms with E-state index in [0.29, 0.717) is 6.54 Å². The van der Waals surface area contributed by atoms with E-state index in [1.807, 2.05) is 26.0 Å². The zero-order valence-corrected chi connectivity index (χ0v) is 10.7. The molecule has 94 valence electrons. The molecule has 1 aromatic rings. The number of pyridine rings is 1. The quantitative estimate of drug-likeness (QED) is 0.788. The van der Waals surface area contributed by atoms with Crippen molar-refractivity contribution >= 4 is 5.91 Å². The Balaban J connectivity index is 2.33. The molecule has 17 heavy (non-hydrogen) atoms. The molecule has 0 aliphatic rings. The van der Waals surface area contributed by atoms with Gasteiger partial charge in [0.1, 0.15) is 0 Å².